The van der Waals surface area contributed by atoms with Crippen molar-refractivity contribution in [2.24, 2.45) is 17.8 Å². The van der Waals surface area contributed by atoms with Gasteiger partial charge in [0.15, 0.2) is 0 Å². The number of nitrogens with one attached hydrogen (secondary N) is 1. The zero-order valence-corrected chi connectivity index (χ0v) is 14.4. The van der Waals surface area contributed by atoms with Crippen molar-refractivity contribution in [3.63, 3.8) is 0 Å². The van der Waals surface area contributed by atoms with Crippen molar-refractivity contribution in [3.8, 4) is 0 Å². The summed E-state index contributed by atoms with van der Waals surface area (Å²) in [7, 11) is 0. The Labute approximate surface area is 132 Å². The second-order valence-electron chi connectivity index (χ2n) is 7.49. The van der Waals surface area contributed by atoms with Gasteiger partial charge in [-0.3, -0.25) is 0 Å². The topological polar surface area (TPSA) is 32.3 Å². The van der Waals surface area contributed by atoms with Crippen LogP contribution in [0.15, 0.2) is 0 Å². The maximum absolute atomic E-state index is 11.9. The van der Waals surface area contributed by atoms with Gasteiger partial charge in [0.05, 0.1) is 5.60 Å². The van der Waals surface area contributed by atoms with Crippen LogP contribution in [0, 0.1) is 17.8 Å². The first-order valence-corrected chi connectivity index (χ1v) is 9.66. The Morgan fingerprint density at radius 3 is 2.19 bits per heavy atom. The molecule has 124 valence electrons. The van der Waals surface area contributed by atoms with Gasteiger partial charge in [-0.05, 0) is 62.9 Å². The Morgan fingerprint density at radius 2 is 1.62 bits per heavy atom. The van der Waals surface area contributed by atoms with Gasteiger partial charge < -0.3 is 10.4 Å². The van der Waals surface area contributed by atoms with Gasteiger partial charge in [-0.2, -0.15) is 0 Å². The number of aliphatic hydroxyl groups is 1. The van der Waals surface area contributed by atoms with E-state index in [2.05, 4.69) is 19.2 Å². The number of piperidine rings is 1. The fourth-order valence-corrected chi connectivity index (χ4v) is 5.06. The highest BCUT2D eigenvalue weighted by molar-refractivity contribution is 4.99. The van der Waals surface area contributed by atoms with Gasteiger partial charge in [-0.25, -0.2) is 0 Å². The van der Waals surface area contributed by atoms with Crippen molar-refractivity contribution in [2.75, 3.05) is 13.1 Å². The summed E-state index contributed by atoms with van der Waals surface area (Å²) in [6.07, 6.45) is 13.8. The maximum Gasteiger partial charge on any atom is 0.0732 e. The molecule has 0 spiro atoms. The summed E-state index contributed by atoms with van der Waals surface area (Å²) in [4.78, 5) is 0. The molecule has 2 heteroatoms. The zero-order valence-electron chi connectivity index (χ0n) is 14.4. The summed E-state index contributed by atoms with van der Waals surface area (Å²) < 4.78 is 0. The molecule has 0 aromatic carbocycles. The molecule has 1 saturated carbocycles. The van der Waals surface area contributed by atoms with Gasteiger partial charge in [0, 0.05) is 0 Å². The zero-order chi connectivity index (χ0) is 15.1. The van der Waals surface area contributed by atoms with Crippen molar-refractivity contribution in [1.82, 2.24) is 5.32 Å². The highest BCUT2D eigenvalue weighted by Crippen LogP contribution is 2.47. The first kappa shape index (κ1) is 17.3. The van der Waals surface area contributed by atoms with Crippen LogP contribution in [-0.4, -0.2) is 23.8 Å². The lowest BCUT2D eigenvalue weighted by Gasteiger charge is -2.50. The lowest BCUT2D eigenvalue weighted by Crippen LogP contribution is -2.54. The van der Waals surface area contributed by atoms with Gasteiger partial charge in [0.1, 0.15) is 0 Å². The molecule has 2 nitrogen and oxygen atoms in total. The van der Waals surface area contributed by atoms with E-state index < -0.39 is 0 Å². The third-order valence-electron chi connectivity index (χ3n) is 6.31. The molecule has 2 fully saturated rings. The molecule has 1 heterocycles. The van der Waals surface area contributed by atoms with Gasteiger partial charge >= 0.3 is 0 Å². The molecular weight excluding hydrogens is 258 g/mol. The Hall–Kier alpha value is -0.0800. The van der Waals surface area contributed by atoms with Crippen LogP contribution < -0.4 is 5.32 Å². The van der Waals surface area contributed by atoms with Crippen LogP contribution in [0.3, 0.4) is 0 Å². The van der Waals surface area contributed by atoms with E-state index in [4.69, 9.17) is 0 Å². The number of rotatable bonds is 7. The van der Waals surface area contributed by atoms with Crippen molar-refractivity contribution in [3.05, 3.63) is 0 Å². The molecule has 1 aliphatic carbocycles. The van der Waals surface area contributed by atoms with Crippen LogP contribution >= 0.6 is 0 Å². The molecule has 21 heavy (non-hydrogen) atoms. The standard InChI is InChI=1S/C19H37NO/c1-3-5-9-16(4-2)19(21,17-10-7-6-8-11-17)18-12-14-20-15-13-18/h16-18,20-21H,3-15H2,1-2H3. The molecule has 0 amide bonds. The third-order valence-corrected chi connectivity index (χ3v) is 6.31. The summed E-state index contributed by atoms with van der Waals surface area (Å²) in [5.74, 6) is 1.61. The molecular formula is C19H37NO. The molecule has 1 aliphatic heterocycles. The van der Waals surface area contributed by atoms with E-state index in [0.29, 0.717) is 17.8 Å². The molecule has 2 atom stereocenters. The monoisotopic (exact) mass is 295 g/mol. The van der Waals surface area contributed by atoms with Gasteiger partial charge in [-0.1, -0.05) is 52.4 Å². The van der Waals surface area contributed by atoms with Crippen LogP contribution in [0.4, 0.5) is 0 Å². The van der Waals surface area contributed by atoms with Crippen molar-refractivity contribution < 1.29 is 5.11 Å². The Balaban J connectivity index is 2.17. The molecule has 2 aliphatic rings. The quantitative estimate of drug-likeness (QED) is 0.724. The number of unbranched alkanes of at least 4 members (excludes halogenated alkanes) is 1. The predicted octanol–water partition coefficient (Wildman–Crippen LogP) is 4.51. The van der Waals surface area contributed by atoms with E-state index in [1.54, 1.807) is 0 Å². The maximum atomic E-state index is 11.9. The van der Waals surface area contributed by atoms with Crippen LogP contribution in [0.2, 0.25) is 0 Å². The van der Waals surface area contributed by atoms with E-state index in [1.807, 2.05) is 0 Å². The second kappa shape index (κ2) is 8.53. The molecule has 0 radical (unpaired) electrons. The minimum absolute atomic E-state index is 0.382. The number of hydrogen-bond donors (Lipinski definition) is 2. The van der Waals surface area contributed by atoms with Gasteiger partial charge in [0.2, 0.25) is 0 Å². The fraction of sp³-hybridized carbons (Fsp3) is 1.00. The highest BCUT2D eigenvalue weighted by atomic mass is 16.3. The molecule has 1 saturated heterocycles. The van der Waals surface area contributed by atoms with E-state index in [1.165, 1.54) is 64.2 Å². The third kappa shape index (κ3) is 4.01. The fourth-order valence-electron chi connectivity index (χ4n) is 5.06. The predicted molar refractivity (Wildman–Crippen MR) is 90.4 cm³/mol. The SMILES string of the molecule is CCCCC(CC)C(O)(C1CCCCC1)C1CCNCC1. The van der Waals surface area contributed by atoms with Crippen LogP contribution in [0.5, 0.6) is 0 Å². The van der Waals surface area contributed by atoms with Gasteiger partial charge in [0.25, 0.3) is 0 Å². The van der Waals surface area contributed by atoms with Crippen LogP contribution in [-0.2, 0) is 0 Å². The van der Waals surface area contributed by atoms with Crippen molar-refractivity contribution >= 4 is 0 Å². The molecule has 2 rings (SSSR count). The number of hydrogen-bond acceptors (Lipinski definition) is 2. The Morgan fingerprint density at radius 1 is 1.00 bits per heavy atom. The van der Waals surface area contributed by atoms with E-state index in [9.17, 15) is 5.11 Å². The second-order valence-corrected chi connectivity index (χ2v) is 7.49. The van der Waals surface area contributed by atoms with Crippen LogP contribution in [0.25, 0.3) is 0 Å². The average molecular weight is 296 g/mol. The smallest absolute Gasteiger partial charge is 0.0732 e. The minimum atomic E-state index is -0.382. The van der Waals surface area contributed by atoms with Crippen LogP contribution in [0.1, 0.15) is 84.5 Å². The van der Waals surface area contributed by atoms with E-state index in [0.717, 1.165) is 19.5 Å². The first-order chi connectivity index (χ1) is 10.2. The van der Waals surface area contributed by atoms with Gasteiger partial charge in [-0.15, -0.1) is 0 Å². The lowest BCUT2D eigenvalue weighted by atomic mass is 9.61. The average Bonchev–Trinajstić information content (AvgIpc) is 2.57. The normalized spacial score (nSPS) is 26.4. The first-order valence-electron chi connectivity index (χ1n) is 9.66. The van der Waals surface area contributed by atoms with E-state index in [-0.39, 0.29) is 5.60 Å². The summed E-state index contributed by atoms with van der Waals surface area (Å²) in [6.45, 7) is 6.78. The largest absolute Gasteiger partial charge is 0.389 e. The summed E-state index contributed by atoms with van der Waals surface area (Å²) in [5, 5.41) is 15.4. The summed E-state index contributed by atoms with van der Waals surface area (Å²) in [5.41, 5.74) is -0.382. The highest BCUT2D eigenvalue weighted by Gasteiger charge is 2.48. The molecule has 0 aromatic rings. The molecule has 2 unspecified atom stereocenters. The minimum Gasteiger partial charge on any atom is -0.389 e. The molecule has 0 aromatic heterocycles. The van der Waals surface area contributed by atoms with E-state index >= 15 is 0 Å². The lowest BCUT2D eigenvalue weighted by molar-refractivity contribution is -0.135. The van der Waals surface area contributed by atoms with Crippen molar-refractivity contribution in [2.45, 2.75) is 90.1 Å². The molecule has 0 bridgehead atoms. The molecule has 2 N–H and O–H groups in total. The summed E-state index contributed by atoms with van der Waals surface area (Å²) >= 11 is 0. The summed E-state index contributed by atoms with van der Waals surface area (Å²) in [6, 6.07) is 0. The Kier molecular flexibility index (Phi) is 7.01. The van der Waals surface area contributed by atoms with Crippen molar-refractivity contribution in [1.29, 1.82) is 0 Å². The Bertz CT molecular complexity index is 261.